The van der Waals surface area contributed by atoms with E-state index in [0.717, 1.165) is 30.2 Å². The molecule has 1 N–H and O–H groups in total. The number of amides is 1. The van der Waals surface area contributed by atoms with Gasteiger partial charge in [-0.15, -0.1) is 0 Å². The van der Waals surface area contributed by atoms with Crippen molar-refractivity contribution in [2.24, 2.45) is 0 Å². The van der Waals surface area contributed by atoms with Gasteiger partial charge in [0.05, 0.1) is 24.5 Å². The number of rotatable bonds is 4. The molecule has 1 saturated heterocycles. The topological polar surface area (TPSA) is 58.1 Å². The largest absolute Gasteiger partial charge is 0.341 e. The third-order valence-electron chi connectivity index (χ3n) is 3.92. The van der Waals surface area contributed by atoms with Gasteiger partial charge in [0.2, 0.25) is 11.9 Å². The molecule has 2 heterocycles. The Morgan fingerprint density at radius 1 is 1.18 bits per heavy atom. The fourth-order valence-corrected chi connectivity index (χ4v) is 2.65. The zero-order chi connectivity index (χ0) is 15.4. The molecule has 0 spiro atoms. The molecule has 2 aromatic rings. The predicted molar refractivity (Wildman–Crippen MR) is 87.0 cm³/mol. The maximum Gasteiger partial charge on any atom is 0.228 e. The van der Waals surface area contributed by atoms with Crippen LogP contribution in [-0.2, 0) is 11.2 Å². The molecule has 1 aromatic heterocycles. The number of benzene rings is 1. The van der Waals surface area contributed by atoms with Gasteiger partial charge in [0.25, 0.3) is 0 Å². The number of carbonyl (C=O) groups is 1. The van der Waals surface area contributed by atoms with Gasteiger partial charge in [0, 0.05) is 13.1 Å². The number of anilines is 2. The standard InChI is InChI=1S/C17H20N4O/c1-13-6-2-3-7-14(13)10-16(22)20-15-11-18-17(19-12-15)21-8-4-5-9-21/h2-3,6-7,11-12H,4-5,8-10H2,1H3,(H,20,22). The summed E-state index contributed by atoms with van der Waals surface area (Å²) in [7, 11) is 0. The first kappa shape index (κ1) is 14.5. The molecule has 114 valence electrons. The van der Waals surface area contributed by atoms with Gasteiger partial charge in [-0.1, -0.05) is 24.3 Å². The zero-order valence-corrected chi connectivity index (χ0v) is 12.7. The summed E-state index contributed by atoms with van der Waals surface area (Å²) in [5.74, 6) is 0.696. The summed E-state index contributed by atoms with van der Waals surface area (Å²) in [4.78, 5) is 22.9. The number of nitrogens with zero attached hydrogens (tertiary/aromatic N) is 3. The van der Waals surface area contributed by atoms with Gasteiger partial charge in [0.15, 0.2) is 0 Å². The van der Waals surface area contributed by atoms with Gasteiger partial charge in [-0.3, -0.25) is 4.79 Å². The lowest BCUT2D eigenvalue weighted by molar-refractivity contribution is -0.115. The molecule has 1 aliphatic heterocycles. The van der Waals surface area contributed by atoms with Gasteiger partial charge < -0.3 is 10.2 Å². The van der Waals surface area contributed by atoms with Gasteiger partial charge in [-0.25, -0.2) is 9.97 Å². The molecule has 1 fully saturated rings. The molecule has 1 amide bonds. The van der Waals surface area contributed by atoms with E-state index in [9.17, 15) is 4.79 Å². The van der Waals surface area contributed by atoms with Crippen LogP contribution in [0.1, 0.15) is 24.0 Å². The number of aromatic nitrogens is 2. The van der Waals surface area contributed by atoms with Crippen molar-refractivity contribution < 1.29 is 4.79 Å². The van der Waals surface area contributed by atoms with E-state index < -0.39 is 0 Å². The van der Waals surface area contributed by atoms with Crippen LogP contribution in [0.2, 0.25) is 0 Å². The lowest BCUT2D eigenvalue weighted by Crippen LogP contribution is -2.21. The summed E-state index contributed by atoms with van der Waals surface area (Å²) in [6.45, 7) is 4.04. The van der Waals surface area contributed by atoms with Crippen LogP contribution in [0.25, 0.3) is 0 Å². The first-order chi connectivity index (χ1) is 10.7. The summed E-state index contributed by atoms with van der Waals surface area (Å²) in [6.07, 6.45) is 6.10. The number of hydrogen-bond acceptors (Lipinski definition) is 4. The molecule has 0 radical (unpaired) electrons. The molecule has 3 rings (SSSR count). The van der Waals surface area contributed by atoms with Gasteiger partial charge >= 0.3 is 0 Å². The Labute approximate surface area is 130 Å². The summed E-state index contributed by atoms with van der Waals surface area (Å²) < 4.78 is 0. The van der Waals surface area contributed by atoms with Crippen molar-refractivity contribution in [3.05, 3.63) is 47.8 Å². The molecule has 0 aliphatic carbocycles. The lowest BCUT2D eigenvalue weighted by atomic mass is 10.1. The highest BCUT2D eigenvalue weighted by molar-refractivity contribution is 5.92. The van der Waals surface area contributed by atoms with E-state index in [2.05, 4.69) is 20.2 Å². The van der Waals surface area contributed by atoms with E-state index in [1.807, 2.05) is 31.2 Å². The van der Waals surface area contributed by atoms with Crippen LogP contribution in [-0.4, -0.2) is 29.0 Å². The van der Waals surface area contributed by atoms with Crippen molar-refractivity contribution in [2.45, 2.75) is 26.2 Å². The van der Waals surface area contributed by atoms with Crippen molar-refractivity contribution in [3.63, 3.8) is 0 Å². The van der Waals surface area contributed by atoms with E-state index in [4.69, 9.17) is 0 Å². The molecule has 0 saturated carbocycles. The number of nitrogens with one attached hydrogen (secondary N) is 1. The minimum atomic E-state index is -0.0492. The highest BCUT2D eigenvalue weighted by Gasteiger charge is 2.14. The Hall–Kier alpha value is -2.43. The fraction of sp³-hybridized carbons (Fsp3) is 0.353. The van der Waals surface area contributed by atoms with Crippen LogP contribution < -0.4 is 10.2 Å². The highest BCUT2D eigenvalue weighted by atomic mass is 16.1. The highest BCUT2D eigenvalue weighted by Crippen LogP contribution is 2.16. The zero-order valence-electron chi connectivity index (χ0n) is 12.7. The lowest BCUT2D eigenvalue weighted by Gasteiger charge is -2.14. The van der Waals surface area contributed by atoms with Crippen LogP contribution in [0.15, 0.2) is 36.7 Å². The summed E-state index contributed by atoms with van der Waals surface area (Å²) in [5, 5.41) is 2.85. The van der Waals surface area contributed by atoms with Crippen LogP contribution in [0.5, 0.6) is 0 Å². The summed E-state index contributed by atoms with van der Waals surface area (Å²) >= 11 is 0. The molecule has 1 aliphatic rings. The van der Waals surface area contributed by atoms with E-state index in [-0.39, 0.29) is 5.91 Å². The van der Waals surface area contributed by atoms with Crippen molar-refractivity contribution in [1.29, 1.82) is 0 Å². The second kappa shape index (κ2) is 6.56. The van der Waals surface area contributed by atoms with E-state index in [1.165, 1.54) is 12.8 Å². The minimum Gasteiger partial charge on any atom is -0.341 e. The van der Waals surface area contributed by atoms with E-state index in [1.54, 1.807) is 12.4 Å². The number of hydrogen-bond donors (Lipinski definition) is 1. The Balaban J connectivity index is 1.60. The molecule has 0 atom stereocenters. The third kappa shape index (κ3) is 3.42. The SMILES string of the molecule is Cc1ccccc1CC(=O)Nc1cnc(N2CCCC2)nc1. The average molecular weight is 296 g/mol. The second-order valence-electron chi connectivity index (χ2n) is 5.62. The van der Waals surface area contributed by atoms with Gasteiger partial charge in [-0.05, 0) is 30.9 Å². The first-order valence-electron chi connectivity index (χ1n) is 7.64. The van der Waals surface area contributed by atoms with Gasteiger partial charge in [-0.2, -0.15) is 0 Å². The van der Waals surface area contributed by atoms with Crippen LogP contribution in [0.3, 0.4) is 0 Å². The normalized spacial score (nSPS) is 14.1. The molecule has 5 nitrogen and oxygen atoms in total. The quantitative estimate of drug-likeness (QED) is 0.942. The van der Waals surface area contributed by atoms with Crippen LogP contribution in [0.4, 0.5) is 11.6 Å². The monoisotopic (exact) mass is 296 g/mol. The minimum absolute atomic E-state index is 0.0492. The van der Waals surface area contributed by atoms with Crippen molar-refractivity contribution in [1.82, 2.24) is 9.97 Å². The maximum absolute atomic E-state index is 12.1. The van der Waals surface area contributed by atoms with E-state index in [0.29, 0.717) is 12.1 Å². The Morgan fingerprint density at radius 2 is 1.86 bits per heavy atom. The molecule has 0 unspecified atom stereocenters. The summed E-state index contributed by atoms with van der Waals surface area (Å²) in [5.41, 5.74) is 2.80. The van der Waals surface area contributed by atoms with Crippen molar-refractivity contribution in [3.8, 4) is 0 Å². The molecule has 0 bridgehead atoms. The molecule has 1 aromatic carbocycles. The predicted octanol–water partition coefficient (Wildman–Crippen LogP) is 2.57. The molecule has 5 heteroatoms. The smallest absolute Gasteiger partial charge is 0.228 e. The Kier molecular flexibility index (Phi) is 4.32. The fourth-order valence-electron chi connectivity index (χ4n) is 2.65. The molecule has 22 heavy (non-hydrogen) atoms. The van der Waals surface area contributed by atoms with Crippen molar-refractivity contribution in [2.75, 3.05) is 23.3 Å². The van der Waals surface area contributed by atoms with Gasteiger partial charge in [0.1, 0.15) is 0 Å². The first-order valence-corrected chi connectivity index (χ1v) is 7.64. The maximum atomic E-state index is 12.1. The Morgan fingerprint density at radius 3 is 2.55 bits per heavy atom. The summed E-state index contributed by atoms with van der Waals surface area (Å²) in [6, 6.07) is 7.91. The van der Waals surface area contributed by atoms with Crippen molar-refractivity contribution >= 4 is 17.5 Å². The van der Waals surface area contributed by atoms with Crippen LogP contribution >= 0.6 is 0 Å². The van der Waals surface area contributed by atoms with Crippen LogP contribution in [0, 0.1) is 6.92 Å². The average Bonchev–Trinajstić information content (AvgIpc) is 3.05. The number of carbonyl (C=O) groups excluding carboxylic acids is 1. The molecular formula is C17H20N4O. The Bertz CT molecular complexity index is 648. The molecular weight excluding hydrogens is 276 g/mol. The third-order valence-corrected chi connectivity index (χ3v) is 3.92. The van der Waals surface area contributed by atoms with E-state index >= 15 is 0 Å². The number of aryl methyl sites for hydroxylation is 1. The second-order valence-corrected chi connectivity index (χ2v) is 5.62.